The van der Waals surface area contributed by atoms with Crippen molar-refractivity contribution in [1.29, 1.82) is 0 Å². The summed E-state index contributed by atoms with van der Waals surface area (Å²) < 4.78 is 84.5. The zero-order valence-electron chi connectivity index (χ0n) is 19.3. The second-order valence-electron chi connectivity index (χ2n) is 8.47. The van der Waals surface area contributed by atoms with Crippen molar-refractivity contribution in [1.82, 2.24) is 9.80 Å². The maximum absolute atomic E-state index is 13.2. The lowest BCUT2D eigenvalue weighted by Gasteiger charge is -2.38. The Bertz CT molecular complexity index is 1080. The number of piperazine rings is 1. The highest BCUT2D eigenvalue weighted by atomic mass is 19.4. The van der Waals surface area contributed by atoms with Gasteiger partial charge in [-0.05, 0) is 23.8 Å². The fraction of sp³-hybridized carbons (Fsp3) is 0.435. The Hall–Kier alpha value is -3.23. The number of halogens is 6. The Balaban J connectivity index is 1.83. The number of alkyl halides is 6. The van der Waals surface area contributed by atoms with Crippen molar-refractivity contribution in [3.63, 3.8) is 0 Å². The highest BCUT2D eigenvalue weighted by Gasteiger charge is 2.37. The van der Waals surface area contributed by atoms with Crippen LogP contribution in [0.3, 0.4) is 0 Å². The summed E-state index contributed by atoms with van der Waals surface area (Å²) >= 11 is 0. The summed E-state index contributed by atoms with van der Waals surface area (Å²) in [5.41, 5.74) is -3.24. The molecule has 1 unspecified atom stereocenters. The van der Waals surface area contributed by atoms with Crippen LogP contribution in [0.4, 0.5) is 32.0 Å². The number of rotatable bonds is 9. The highest BCUT2D eigenvalue weighted by molar-refractivity contribution is 5.69. The smallest absolute Gasteiger partial charge is 0.416 e. The first-order chi connectivity index (χ1) is 17.3. The van der Waals surface area contributed by atoms with E-state index in [4.69, 9.17) is 9.84 Å². The van der Waals surface area contributed by atoms with Crippen molar-refractivity contribution in [2.24, 2.45) is 0 Å². The molecule has 14 heteroatoms. The number of carbonyl (C=O) groups is 1. The van der Waals surface area contributed by atoms with Gasteiger partial charge in [0.2, 0.25) is 0 Å². The van der Waals surface area contributed by atoms with Crippen molar-refractivity contribution >= 4 is 11.7 Å². The number of carboxylic acids is 1. The molecule has 2 aromatic rings. The van der Waals surface area contributed by atoms with Crippen LogP contribution >= 0.6 is 0 Å². The van der Waals surface area contributed by atoms with Gasteiger partial charge in [0.25, 0.3) is 5.69 Å². The fourth-order valence-electron chi connectivity index (χ4n) is 4.14. The maximum Gasteiger partial charge on any atom is 0.416 e. The molecule has 2 aromatic carbocycles. The first-order valence-corrected chi connectivity index (χ1v) is 11.0. The van der Waals surface area contributed by atoms with Gasteiger partial charge in [-0.15, -0.1) is 0 Å². The fourth-order valence-corrected chi connectivity index (χ4v) is 4.14. The highest BCUT2D eigenvalue weighted by Crippen LogP contribution is 2.37. The third kappa shape index (κ3) is 7.63. The minimum Gasteiger partial charge on any atom is -0.480 e. The lowest BCUT2D eigenvalue weighted by Crippen LogP contribution is -2.49. The number of aliphatic carboxylic acids is 1. The van der Waals surface area contributed by atoms with Gasteiger partial charge in [0.15, 0.2) is 0 Å². The number of ether oxygens (including phenoxy) is 1. The van der Waals surface area contributed by atoms with Crippen LogP contribution in [0.2, 0.25) is 0 Å². The first-order valence-electron chi connectivity index (χ1n) is 11.0. The van der Waals surface area contributed by atoms with Gasteiger partial charge in [0.05, 0.1) is 41.9 Å². The Morgan fingerprint density at radius 2 is 1.57 bits per heavy atom. The van der Waals surface area contributed by atoms with E-state index in [0.29, 0.717) is 38.3 Å². The van der Waals surface area contributed by atoms with Crippen LogP contribution in [0.5, 0.6) is 0 Å². The van der Waals surface area contributed by atoms with Gasteiger partial charge >= 0.3 is 18.3 Å². The molecule has 1 aliphatic rings. The minimum absolute atomic E-state index is 0.0240. The second kappa shape index (κ2) is 11.4. The summed E-state index contributed by atoms with van der Waals surface area (Å²) in [5, 5.41) is 20.6. The number of nitro benzene ring substituents is 1. The average Bonchev–Trinajstić information content (AvgIpc) is 2.81. The SMILES string of the molecule is O=C(O)CN1CCN(C(COCc2cc(C(F)(F)F)cc(C(F)(F)F)c2)c2ccccc2[N+](=O)[O-])CC1. The molecule has 1 aliphatic heterocycles. The van der Waals surface area contributed by atoms with E-state index in [-0.39, 0.29) is 36.0 Å². The Morgan fingerprint density at radius 3 is 2.08 bits per heavy atom. The van der Waals surface area contributed by atoms with E-state index in [2.05, 4.69) is 0 Å². The standard InChI is InChI=1S/C23H23F6N3O5/c24-22(25,26)16-9-15(10-17(11-16)23(27,28)29)13-37-14-20(18-3-1-2-4-19(18)32(35)36)31-7-5-30(6-8-31)12-21(33)34/h1-4,9-11,20H,5-8,12-14H2,(H,33,34). The van der Waals surface area contributed by atoms with E-state index in [1.165, 1.54) is 18.2 Å². The quantitative estimate of drug-likeness (QED) is 0.285. The van der Waals surface area contributed by atoms with Crippen LogP contribution in [0.15, 0.2) is 42.5 Å². The van der Waals surface area contributed by atoms with E-state index < -0.39 is 47.0 Å². The summed E-state index contributed by atoms with van der Waals surface area (Å²) in [4.78, 5) is 25.5. The van der Waals surface area contributed by atoms with Crippen LogP contribution in [0.25, 0.3) is 0 Å². The summed E-state index contributed by atoms with van der Waals surface area (Å²) in [6.07, 6.45) is -10.0. The van der Waals surface area contributed by atoms with Gasteiger partial charge < -0.3 is 9.84 Å². The van der Waals surface area contributed by atoms with Crippen molar-refractivity contribution in [3.8, 4) is 0 Å². The zero-order valence-corrected chi connectivity index (χ0v) is 19.3. The van der Waals surface area contributed by atoms with Crippen LogP contribution in [0.1, 0.15) is 28.3 Å². The molecule has 0 radical (unpaired) electrons. The van der Waals surface area contributed by atoms with Gasteiger partial charge in [-0.2, -0.15) is 26.3 Å². The van der Waals surface area contributed by atoms with Crippen LogP contribution < -0.4 is 0 Å². The van der Waals surface area contributed by atoms with E-state index in [1.54, 1.807) is 11.0 Å². The molecule has 202 valence electrons. The molecule has 0 spiro atoms. The number of hydrogen-bond acceptors (Lipinski definition) is 6. The lowest BCUT2D eigenvalue weighted by molar-refractivity contribution is -0.386. The predicted octanol–water partition coefficient (Wildman–Crippen LogP) is 4.59. The third-order valence-corrected chi connectivity index (χ3v) is 5.89. The second-order valence-corrected chi connectivity index (χ2v) is 8.47. The lowest BCUT2D eigenvalue weighted by atomic mass is 10.0. The molecule has 3 rings (SSSR count). The minimum atomic E-state index is -5.00. The van der Waals surface area contributed by atoms with Crippen molar-refractivity contribution in [2.75, 3.05) is 39.3 Å². The molecule has 1 N–H and O–H groups in total. The van der Waals surface area contributed by atoms with Gasteiger partial charge in [-0.25, -0.2) is 0 Å². The van der Waals surface area contributed by atoms with Crippen LogP contribution in [-0.2, 0) is 28.5 Å². The molecule has 37 heavy (non-hydrogen) atoms. The van der Waals surface area contributed by atoms with E-state index in [0.717, 1.165) is 0 Å². The van der Waals surface area contributed by atoms with E-state index in [1.807, 2.05) is 4.90 Å². The summed E-state index contributed by atoms with van der Waals surface area (Å²) in [6, 6.07) is 6.23. The first kappa shape index (κ1) is 28.3. The monoisotopic (exact) mass is 535 g/mol. The molecule has 0 amide bonds. The molecular weight excluding hydrogens is 512 g/mol. The Labute approximate surface area is 207 Å². The number of nitrogens with zero attached hydrogens (tertiary/aromatic N) is 3. The van der Waals surface area contributed by atoms with E-state index in [9.17, 15) is 41.3 Å². The zero-order chi connectivity index (χ0) is 27.4. The predicted molar refractivity (Wildman–Crippen MR) is 118 cm³/mol. The largest absolute Gasteiger partial charge is 0.480 e. The number of nitro groups is 1. The van der Waals surface area contributed by atoms with Crippen LogP contribution in [-0.4, -0.2) is 65.1 Å². The van der Waals surface area contributed by atoms with Gasteiger partial charge in [0.1, 0.15) is 0 Å². The van der Waals surface area contributed by atoms with Gasteiger partial charge in [-0.3, -0.25) is 24.7 Å². The average molecular weight is 535 g/mol. The topological polar surface area (TPSA) is 96.2 Å². The molecule has 0 aromatic heterocycles. The summed E-state index contributed by atoms with van der Waals surface area (Å²) in [5.74, 6) is -1.01. The maximum atomic E-state index is 13.2. The van der Waals surface area contributed by atoms with Gasteiger partial charge in [0, 0.05) is 37.8 Å². The third-order valence-electron chi connectivity index (χ3n) is 5.89. The van der Waals surface area contributed by atoms with Crippen molar-refractivity contribution in [3.05, 3.63) is 74.8 Å². The Kier molecular flexibility index (Phi) is 8.76. The molecule has 1 atom stereocenters. The molecule has 0 aliphatic carbocycles. The number of hydrogen-bond donors (Lipinski definition) is 1. The van der Waals surface area contributed by atoms with Crippen molar-refractivity contribution in [2.45, 2.75) is 25.0 Å². The van der Waals surface area contributed by atoms with Crippen molar-refractivity contribution < 1.29 is 45.9 Å². The molecule has 0 bridgehead atoms. The molecular formula is C23H23F6N3O5. The van der Waals surface area contributed by atoms with E-state index >= 15 is 0 Å². The number of benzene rings is 2. The molecule has 1 saturated heterocycles. The molecule has 0 saturated carbocycles. The number of para-hydroxylation sites is 1. The Morgan fingerprint density at radius 1 is 1.00 bits per heavy atom. The molecule has 1 fully saturated rings. The number of carboxylic acid groups (broad SMARTS) is 1. The summed E-state index contributed by atoms with van der Waals surface area (Å²) in [6.45, 7) is 0.268. The molecule has 8 nitrogen and oxygen atoms in total. The normalized spacial score (nSPS) is 16.5. The van der Waals surface area contributed by atoms with Gasteiger partial charge in [-0.1, -0.05) is 18.2 Å². The van der Waals surface area contributed by atoms with Crippen LogP contribution in [0, 0.1) is 10.1 Å². The molecule has 1 heterocycles. The summed E-state index contributed by atoms with van der Waals surface area (Å²) in [7, 11) is 0.